The predicted octanol–water partition coefficient (Wildman–Crippen LogP) is 3.54. The van der Waals surface area contributed by atoms with Gasteiger partial charge >= 0.3 is 0 Å². The molecule has 1 aromatic carbocycles. The third kappa shape index (κ3) is 3.00. The van der Waals surface area contributed by atoms with Crippen LogP contribution in [0.1, 0.15) is 24.2 Å². The van der Waals surface area contributed by atoms with Crippen LogP contribution in [0.5, 0.6) is 5.75 Å². The maximum absolute atomic E-state index is 6.13. The van der Waals surface area contributed by atoms with E-state index in [-0.39, 0.29) is 6.04 Å². The number of benzene rings is 1. The summed E-state index contributed by atoms with van der Waals surface area (Å²) in [6.07, 6.45) is 1.72. The van der Waals surface area contributed by atoms with Crippen molar-refractivity contribution < 1.29 is 4.74 Å². The van der Waals surface area contributed by atoms with Crippen LogP contribution in [0.15, 0.2) is 28.9 Å². The van der Waals surface area contributed by atoms with E-state index < -0.39 is 0 Å². The summed E-state index contributed by atoms with van der Waals surface area (Å²) in [6.45, 7) is 2.88. The molecule has 0 radical (unpaired) electrons. The molecule has 1 atom stereocenters. The first kappa shape index (κ1) is 15.4. The molecule has 1 unspecified atom stereocenters. The van der Waals surface area contributed by atoms with Crippen molar-refractivity contribution in [1.29, 1.82) is 0 Å². The van der Waals surface area contributed by atoms with Crippen molar-refractivity contribution in [3.8, 4) is 5.75 Å². The third-order valence-corrected chi connectivity index (χ3v) is 4.08. The van der Waals surface area contributed by atoms with Crippen LogP contribution in [0.3, 0.4) is 0 Å². The number of nitrogens with zero attached hydrogens (tertiary/aromatic N) is 2. The van der Waals surface area contributed by atoms with E-state index in [4.69, 9.17) is 16.3 Å². The minimum atomic E-state index is -0.0458. The zero-order valence-corrected chi connectivity index (χ0v) is 14.0. The maximum Gasteiger partial charge on any atom is 0.161 e. The van der Waals surface area contributed by atoms with Gasteiger partial charge in [0.05, 0.1) is 19.3 Å². The summed E-state index contributed by atoms with van der Waals surface area (Å²) in [5.74, 6) is 0.755. The number of methoxy groups -OCH3 is 1. The van der Waals surface area contributed by atoms with E-state index in [0.717, 1.165) is 28.0 Å². The maximum atomic E-state index is 6.13. The molecule has 0 spiro atoms. The molecule has 2 rings (SSSR count). The standard InChI is InChI=1S/C14H17BrClN3O/c1-4-17-13(10-7-9(16)5-6-11(10)15)14-12(20-3)8-18-19(14)2/h5-8,13,17H,4H2,1-3H3. The highest BCUT2D eigenvalue weighted by atomic mass is 79.9. The Balaban J connectivity index is 2.56. The van der Waals surface area contributed by atoms with Crippen LogP contribution >= 0.6 is 27.5 Å². The Morgan fingerprint density at radius 3 is 2.90 bits per heavy atom. The molecule has 108 valence electrons. The number of aryl methyl sites for hydroxylation is 1. The lowest BCUT2D eigenvalue weighted by Crippen LogP contribution is -2.25. The van der Waals surface area contributed by atoms with Crippen LogP contribution in [0.2, 0.25) is 5.02 Å². The molecule has 1 N–H and O–H groups in total. The number of aromatic nitrogens is 2. The van der Waals surface area contributed by atoms with Gasteiger partial charge in [-0.3, -0.25) is 4.68 Å². The molecule has 0 aliphatic rings. The summed E-state index contributed by atoms with van der Waals surface area (Å²) in [6, 6.07) is 5.71. The SMILES string of the molecule is CCNC(c1cc(Cl)ccc1Br)c1c(OC)cnn1C. The highest BCUT2D eigenvalue weighted by molar-refractivity contribution is 9.10. The molecule has 0 aliphatic carbocycles. The van der Waals surface area contributed by atoms with Crippen molar-refractivity contribution in [2.45, 2.75) is 13.0 Å². The predicted molar refractivity (Wildman–Crippen MR) is 84.4 cm³/mol. The van der Waals surface area contributed by atoms with E-state index in [9.17, 15) is 0 Å². The van der Waals surface area contributed by atoms with E-state index in [1.165, 1.54) is 0 Å². The minimum Gasteiger partial charge on any atom is -0.493 e. The van der Waals surface area contributed by atoms with Crippen molar-refractivity contribution in [3.63, 3.8) is 0 Å². The van der Waals surface area contributed by atoms with E-state index >= 15 is 0 Å². The molecule has 0 amide bonds. The lowest BCUT2D eigenvalue weighted by molar-refractivity contribution is 0.401. The smallest absolute Gasteiger partial charge is 0.161 e. The Kier molecular flexibility index (Phi) is 5.07. The average Bonchev–Trinajstić information content (AvgIpc) is 2.80. The molecule has 0 bridgehead atoms. The van der Waals surface area contributed by atoms with Crippen molar-refractivity contribution >= 4 is 27.5 Å². The van der Waals surface area contributed by atoms with Gasteiger partial charge in [-0.15, -0.1) is 0 Å². The van der Waals surface area contributed by atoms with Gasteiger partial charge in [-0.2, -0.15) is 5.10 Å². The number of hydrogen-bond donors (Lipinski definition) is 1. The van der Waals surface area contributed by atoms with Crippen LogP contribution in [-0.4, -0.2) is 23.4 Å². The van der Waals surface area contributed by atoms with Crippen LogP contribution < -0.4 is 10.1 Å². The van der Waals surface area contributed by atoms with Gasteiger partial charge in [0.1, 0.15) is 5.69 Å². The first-order valence-electron chi connectivity index (χ1n) is 6.32. The van der Waals surface area contributed by atoms with Crippen molar-refractivity contribution in [1.82, 2.24) is 15.1 Å². The molecule has 0 aliphatic heterocycles. The number of nitrogens with one attached hydrogen (secondary N) is 1. The molecule has 20 heavy (non-hydrogen) atoms. The zero-order chi connectivity index (χ0) is 14.7. The molecule has 6 heteroatoms. The Morgan fingerprint density at radius 2 is 2.25 bits per heavy atom. The second kappa shape index (κ2) is 6.61. The molecule has 0 fully saturated rings. The van der Waals surface area contributed by atoms with Crippen LogP contribution in [0.4, 0.5) is 0 Å². The fraction of sp³-hybridized carbons (Fsp3) is 0.357. The van der Waals surface area contributed by atoms with Gasteiger partial charge in [0.25, 0.3) is 0 Å². The molecule has 2 aromatic rings. The van der Waals surface area contributed by atoms with Crippen LogP contribution in [-0.2, 0) is 7.05 Å². The molecule has 1 aromatic heterocycles. The van der Waals surface area contributed by atoms with Gasteiger partial charge in [-0.25, -0.2) is 0 Å². The largest absolute Gasteiger partial charge is 0.493 e. The third-order valence-electron chi connectivity index (χ3n) is 3.12. The summed E-state index contributed by atoms with van der Waals surface area (Å²) in [5.41, 5.74) is 2.03. The number of ether oxygens (including phenoxy) is 1. The molecule has 0 saturated heterocycles. The topological polar surface area (TPSA) is 39.1 Å². The zero-order valence-electron chi connectivity index (χ0n) is 11.7. The Labute approximate surface area is 132 Å². The monoisotopic (exact) mass is 357 g/mol. The highest BCUT2D eigenvalue weighted by Crippen LogP contribution is 2.34. The lowest BCUT2D eigenvalue weighted by atomic mass is 10.0. The summed E-state index contributed by atoms with van der Waals surface area (Å²) < 4.78 is 8.23. The molecule has 0 saturated carbocycles. The normalized spacial score (nSPS) is 12.4. The number of halogens is 2. The quantitative estimate of drug-likeness (QED) is 0.888. The van der Waals surface area contributed by atoms with E-state index in [1.807, 2.05) is 29.9 Å². The van der Waals surface area contributed by atoms with Crippen molar-refractivity contribution in [2.24, 2.45) is 7.05 Å². The van der Waals surface area contributed by atoms with Gasteiger partial charge in [0.15, 0.2) is 5.75 Å². The molecule has 4 nitrogen and oxygen atoms in total. The van der Waals surface area contributed by atoms with E-state index in [0.29, 0.717) is 5.02 Å². The Bertz CT molecular complexity index is 600. The van der Waals surface area contributed by atoms with Gasteiger partial charge in [-0.1, -0.05) is 34.5 Å². The molecule has 1 heterocycles. The Hall–Kier alpha value is -1.04. The first-order valence-corrected chi connectivity index (χ1v) is 7.49. The fourth-order valence-corrected chi connectivity index (χ4v) is 2.86. The van der Waals surface area contributed by atoms with Crippen LogP contribution in [0.25, 0.3) is 0 Å². The van der Waals surface area contributed by atoms with E-state index in [1.54, 1.807) is 13.3 Å². The second-order valence-corrected chi connectivity index (χ2v) is 5.67. The van der Waals surface area contributed by atoms with Crippen molar-refractivity contribution in [2.75, 3.05) is 13.7 Å². The van der Waals surface area contributed by atoms with Gasteiger partial charge in [0.2, 0.25) is 0 Å². The van der Waals surface area contributed by atoms with Gasteiger partial charge in [-0.05, 0) is 30.3 Å². The number of hydrogen-bond acceptors (Lipinski definition) is 3. The summed E-state index contributed by atoms with van der Waals surface area (Å²) in [4.78, 5) is 0. The van der Waals surface area contributed by atoms with Gasteiger partial charge in [0, 0.05) is 16.5 Å². The average molecular weight is 359 g/mol. The highest BCUT2D eigenvalue weighted by Gasteiger charge is 2.23. The lowest BCUT2D eigenvalue weighted by Gasteiger charge is -2.21. The minimum absolute atomic E-state index is 0.0458. The molecular weight excluding hydrogens is 342 g/mol. The first-order chi connectivity index (χ1) is 9.58. The fourth-order valence-electron chi connectivity index (χ4n) is 2.21. The summed E-state index contributed by atoms with van der Waals surface area (Å²) in [5, 5.41) is 8.43. The van der Waals surface area contributed by atoms with E-state index in [2.05, 4.69) is 33.3 Å². The van der Waals surface area contributed by atoms with Crippen LogP contribution in [0, 0.1) is 0 Å². The Morgan fingerprint density at radius 1 is 1.50 bits per heavy atom. The van der Waals surface area contributed by atoms with Gasteiger partial charge < -0.3 is 10.1 Å². The second-order valence-electron chi connectivity index (χ2n) is 4.38. The molecular formula is C14H17BrClN3O. The number of rotatable bonds is 5. The summed E-state index contributed by atoms with van der Waals surface area (Å²) in [7, 11) is 3.55. The van der Waals surface area contributed by atoms with Crippen molar-refractivity contribution in [3.05, 3.63) is 45.1 Å². The summed E-state index contributed by atoms with van der Waals surface area (Å²) >= 11 is 9.72.